The first-order valence-corrected chi connectivity index (χ1v) is 8.86. The number of primary amides is 1. The number of likely N-dealkylation sites (tertiary alicyclic amines) is 1. The lowest BCUT2D eigenvalue weighted by molar-refractivity contribution is -0.119. The lowest BCUT2D eigenvalue weighted by Gasteiger charge is -2.31. The number of nitrogens with one attached hydrogen (secondary N) is 1. The second-order valence-corrected chi connectivity index (χ2v) is 7.59. The van der Waals surface area contributed by atoms with Gasteiger partial charge in [-0.3, -0.25) is 9.69 Å². The molecule has 122 valence electrons. The van der Waals surface area contributed by atoms with E-state index >= 15 is 0 Å². The van der Waals surface area contributed by atoms with Crippen molar-refractivity contribution in [2.75, 3.05) is 19.6 Å². The van der Waals surface area contributed by atoms with E-state index in [0.717, 1.165) is 11.1 Å². The first kappa shape index (κ1) is 16.9. The maximum absolute atomic E-state index is 12.5. The summed E-state index contributed by atoms with van der Waals surface area (Å²) in [5.41, 5.74) is 6.96. The van der Waals surface area contributed by atoms with Gasteiger partial charge >= 0.3 is 0 Å². The molecule has 0 saturated carbocycles. The molecule has 1 aromatic carbocycles. The van der Waals surface area contributed by atoms with E-state index in [2.05, 4.69) is 4.72 Å². The van der Waals surface area contributed by atoms with Gasteiger partial charge in [0.15, 0.2) is 0 Å². The van der Waals surface area contributed by atoms with E-state index in [1.807, 2.05) is 17.9 Å². The van der Waals surface area contributed by atoms with Crippen LogP contribution in [0.3, 0.4) is 0 Å². The largest absolute Gasteiger partial charge is 0.369 e. The zero-order chi connectivity index (χ0) is 16.3. The molecule has 1 heterocycles. The van der Waals surface area contributed by atoms with Gasteiger partial charge in [0.25, 0.3) is 0 Å². The van der Waals surface area contributed by atoms with Crippen molar-refractivity contribution in [3.05, 3.63) is 29.3 Å². The molecule has 7 heteroatoms. The predicted octanol–water partition coefficient (Wildman–Crippen LogP) is 0.531. The van der Waals surface area contributed by atoms with Gasteiger partial charge < -0.3 is 5.73 Å². The van der Waals surface area contributed by atoms with Gasteiger partial charge in [0, 0.05) is 19.1 Å². The minimum absolute atomic E-state index is 0.102. The first-order valence-electron chi connectivity index (χ1n) is 7.38. The van der Waals surface area contributed by atoms with Crippen LogP contribution in [0.1, 0.15) is 24.0 Å². The van der Waals surface area contributed by atoms with E-state index in [0.29, 0.717) is 30.8 Å². The Hall–Kier alpha value is -1.44. The van der Waals surface area contributed by atoms with Gasteiger partial charge in [-0.1, -0.05) is 17.7 Å². The second-order valence-electron chi connectivity index (χ2n) is 5.91. The molecule has 1 aromatic rings. The number of hydrogen-bond acceptors (Lipinski definition) is 4. The van der Waals surface area contributed by atoms with Crippen molar-refractivity contribution in [2.24, 2.45) is 5.73 Å². The molecule has 0 radical (unpaired) electrons. The molecule has 1 amide bonds. The molecule has 0 unspecified atom stereocenters. The Balaban J connectivity index is 2.00. The molecule has 1 fully saturated rings. The first-order chi connectivity index (χ1) is 10.3. The van der Waals surface area contributed by atoms with Crippen molar-refractivity contribution in [2.45, 2.75) is 37.6 Å². The Morgan fingerprint density at radius 2 is 1.95 bits per heavy atom. The molecule has 0 aromatic heterocycles. The number of carbonyl (C=O) groups is 1. The summed E-state index contributed by atoms with van der Waals surface area (Å²) in [6.07, 6.45) is 1.36. The van der Waals surface area contributed by atoms with Crippen molar-refractivity contribution < 1.29 is 13.2 Å². The number of benzene rings is 1. The van der Waals surface area contributed by atoms with Gasteiger partial charge in [-0.25, -0.2) is 13.1 Å². The Bertz CT molecular complexity index is 650. The zero-order valence-corrected chi connectivity index (χ0v) is 13.8. The fourth-order valence-electron chi connectivity index (χ4n) is 2.81. The van der Waals surface area contributed by atoms with Crippen LogP contribution in [0.4, 0.5) is 0 Å². The van der Waals surface area contributed by atoms with Gasteiger partial charge in [0.1, 0.15) is 0 Å². The summed E-state index contributed by atoms with van der Waals surface area (Å²) >= 11 is 0. The molecule has 1 aliphatic heterocycles. The van der Waals surface area contributed by atoms with Crippen LogP contribution in [0.25, 0.3) is 0 Å². The van der Waals surface area contributed by atoms with Crippen LogP contribution < -0.4 is 10.5 Å². The molecule has 0 bridgehead atoms. The zero-order valence-electron chi connectivity index (χ0n) is 13.0. The molecule has 2 rings (SSSR count). The highest BCUT2D eigenvalue weighted by Crippen LogP contribution is 2.19. The molecule has 1 saturated heterocycles. The van der Waals surface area contributed by atoms with Crippen molar-refractivity contribution in [1.29, 1.82) is 0 Å². The fourth-order valence-corrected chi connectivity index (χ4v) is 4.34. The smallest absolute Gasteiger partial charge is 0.241 e. The number of hydrogen-bond donors (Lipinski definition) is 2. The highest BCUT2D eigenvalue weighted by molar-refractivity contribution is 7.89. The van der Waals surface area contributed by atoms with Gasteiger partial charge in [-0.2, -0.15) is 0 Å². The topological polar surface area (TPSA) is 92.5 Å². The van der Waals surface area contributed by atoms with Crippen molar-refractivity contribution in [1.82, 2.24) is 9.62 Å². The van der Waals surface area contributed by atoms with E-state index in [1.165, 1.54) is 0 Å². The molecule has 0 aliphatic carbocycles. The maximum Gasteiger partial charge on any atom is 0.241 e. The van der Waals surface area contributed by atoms with Crippen LogP contribution >= 0.6 is 0 Å². The summed E-state index contributed by atoms with van der Waals surface area (Å²) in [6.45, 7) is 5.31. The SMILES string of the molecule is Cc1ccc(S(=O)(=O)NC2CCN(CC(N)=O)CC2)c(C)c1. The number of carbonyl (C=O) groups excluding carboxylic acids is 1. The molecule has 0 spiro atoms. The number of rotatable bonds is 5. The Morgan fingerprint density at radius 1 is 1.32 bits per heavy atom. The fraction of sp³-hybridized carbons (Fsp3) is 0.533. The van der Waals surface area contributed by atoms with Crippen molar-refractivity contribution in [3.63, 3.8) is 0 Å². The minimum Gasteiger partial charge on any atom is -0.369 e. The van der Waals surface area contributed by atoms with E-state index in [-0.39, 0.29) is 18.5 Å². The highest BCUT2D eigenvalue weighted by Gasteiger charge is 2.25. The van der Waals surface area contributed by atoms with Crippen LogP contribution in [-0.4, -0.2) is 44.9 Å². The van der Waals surface area contributed by atoms with Gasteiger partial charge in [-0.15, -0.1) is 0 Å². The third-order valence-corrected chi connectivity index (χ3v) is 5.59. The minimum atomic E-state index is -3.51. The van der Waals surface area contributed by atoms with Crippen LogP contribution in [-0.2, 0) is 14.8 Å². The number of aryl methyl sites for hydroxylation is 2. The summed E-state index contributed by atoms with van der Waals surface area (Å²) < 4.78 is 27.8. The van der Waals surface area contributed by atoms with Crippen LogP contribution in [0, 0.1) is 13.8 Å². The Kier molecular flexibility index (Phi) is 5.20. The lowest BCUT2D eigenvalue weighted by atomic mass is 10.1. The van der Waals surface area contributed by atoms with Crippen LogP contribution in [0.2, 0.25) is 0 Å². The summed E-state index contributed by atoms with van der Waals surface area (Å²) in [6, 6.07) is 5.21. The normalized spacial score (nSPS) is 17.5. The Labute approximate surface area is 131 Å². The van der Waals surface area contributed by atoms with Gasteiger partial charge in [0.05, 0.1) is 11.4 Å². The summed E-state index contributed by atoms with van der Waals surface area (Å²) in [7, 11) is -3.51. The molecule has 6 nitrogen and oxygen atoms in total. The molecule has 1 aliphatic rings. The second kappa shape index (κ2) is 6.76. The number of nitrogens with zero attached hydrogens (tertiary/aromatic N) is 1. The average molecular weight is 325 g/mol. The third kappa shape index (κ3) is 4.28. The Morgan fingerprint density at radius 3 is 2.50 bits per heavy atom. The third-order valence-electron chi connectivity index (χ3n) is 3.91. The van der Waals surface area contributed by atoms with E-state index in [1.54, 1.807) is 19.1 Å². The summed E-state index contributed by atoms with van der Waals surface area (Å²) in [5, 5.41) is 0. The quantitative estimate of drug-likeness (QED) is 0.826. The number of nitrogens with two attached hydrogens (primary N) is 1. The van der Waals surface area contributed by atoms with Crippen LogP contribution in [0.15, 0.2) is 23.1 Å². The van der Waals surface area contributed by atoms with Gasteiger partial charge in [0.2, 0.25) is 15.9 Å². The monoisotopic (exact) mass is 325 g/mol. The standard InChI is InChI=1S/C15H23N3O3S/c1-11-3-4-14(12(2)9-11)22(20,21)17-13-5-7-18(8-6-13)10-15(16)19/h3-4,9,13,17H,5-8,10H2,1-2H3,(H2,16,19). The summed E-state index contributed by atoms with van der Waals surface area (Å²) in [5.74, 6) is -0.352. The van der Waals surface area contributed by atoms with Crippen LogP contribution in [0.5, 0.6) is 0 Å². The van der Waals surface area contributed by atoms with Crippen molar-refractivity contribution in [3.8, 4) is 0 Å². The molecular weight excluding hydrogens is 302 g/mol. The maximum atomic E-state index is 12.5. The van der Waals surface area contributed by atoms with E-state index < -0.39 is 10.0 Å². The molecule has 0 atom stereocenters. The van der Waals surface area contributed by atoms with Crippen molar-refractivity contribution >= 4 is 15.9 Å². The number of amides is 1. The molecule has 22 heavy (non-hydrogen) atoms. The molecular formula is C15H23N3O3S. The average Bonchev–Trinajstić information content (AvgIpc) is 2.39. The molecule has 3 N–H and O–H groups in total. The predicted molar refractivity (Wildman–Crippen MR) is 84.9 cm³/mol. The highest BCUT2D eigenvalue weighted by atomic mass is 32.2. The summed E-state index contributed by atoms with van der Waals surface area (Å²) in [4.78, 5) is 13.2. The van der Waals surface area contributed by atoms with E-state index in [9.17, 15) is 13.2 Å². The number of piperidine rings is 1. The number of sulfonamides is 1. The van der Waals surface area contributed by atoms with E-state index in [4.69, 9.17) is 5.73 Å². The lowest BCUT2D eigenvalue weighted by Crippen LogP contribution is -2.46. The van der Waals surface area contributed by atoms with Gasteiger partial charge in [-0.05, 0) is 38.3 Å².